The second kappa shape index (κ2) is 73.9. The van der Waals surface area contributed by atoms with E-state index >= 15 is 0 Å². The predicted molar refractivity (Wildman–Crippen MR) is 406 cm³/mol. The largest absolute Gasteiger partial charge is 0.756 e. The van der Waals surface area contributed by atoms with Crippen molar-refractivity contribution in [1.29, 1.82) is 0 Å². The molecule has 544 valence electrons. The van der Waals surface area contributed by atoms with Gasteiger partial charge in [-0.1, -0.05) is 361 Å². The molecule has 9 nitrogen and oxygen atoms in total. The predicted octanol–water partition coefficient (Wildman–Crippen LogP) is 25.8. The average molecular weight is 1330 g/mol. The third-order valence-corrected chi connectivity index (χ3v) is 18.3. The Labute approximate surface area is 582 Å². The molecule has 0 spiro atoms. The minimum atomic E-state index is -4.65. The van der Waals surface area contributed by atoms with E-state index < -0.39 is 26.5 Å². The van der Waals surface area contributed by atoms with Gasteiger partial charge in [0.15, 0.2) is 6.10 Å². The van der Waals surface area contributed by atoms with Crippen LogP contribution in [0.25, 0.3) is 0 Å². The summed E-state index contributed by atoms with van der Waals surface area (Å²) in [6.07, 6.45) is 105. The molecule has 0 fully saturated rings. The van der Waals surface area contributed by atoms with Crippen LogP contribution in [0, 0.1) is 0 Å². The van der Waals surface area contributed by atoms with Gasteiger partial charge in [0, 0.05) is 12.8 Å². The topological polar surface area (TPSA) is 111 Å². The molecule has 0 saturated heterocycles. The number of ether oxygens (including phenoxy) is 2. The zero-order valence-corrected chi connectivity index (χ0v) is 63.0. The highest BCUT2D eigenvalue weighted by atomic mass is 31.2. The summed E-state index contributed by atoms with van der Waals surface area (Å²) in [5, 5.41) is 0. The lowest BCUT2D eigenvalue weighted by Gasteiger charge is -2.28. The van der Waals surface area contributed by atoms with Crippen LogP contribution in [0.1, 0.15) is 361 Å². The fourth-order valence-electron chi connectivity index (χ4n) is 11.3. The summed E-state index contributed by atoms with van der Waals surface area (Å²) in [5.74, 6) is -0.817. The Morgan fingerprint density at radius 3 is 0.851 bits per heavy atom. The molecule has 0 aliphatic heterocycles. The van der Waals surface area contributed by atoms with Crippen LogP contribution in [-0.4, -0.2) is 70.0 Å². The van der Waals surface area contributed by atoms with Crippen molar-refractivity contribution >= 4 is 19.8 Å². The van der Waals surface area contributed by atoms with Crippen LogP contribution >= 0.6 is 7.82 Å². The summed E-state index contributed by atoms with van der Waals surface area (Å²) < 4.78 is 34.4. The number of unbranched alkanes of at least 4 members (excludes halogenated alkanes) is 41. The number of hydrogen-bond donors (Lipinski definition) is 0. The van der Waals surface area contributed by atoms with E-state index in [4.69, 9.17) is 18.5 Å². The zero-order chi connectivity index (χ0) is 68.3. The van der Waals surface area contributed by atoms with E-state index in [1.807, 2.05) is 21.1 Å². The van der Waals surface area contributed by atoms with E-state index in [0.29, 0.717) is 17.4 Å². The standard InChI is InChI=1S/C84H150NO8P/c1-6-8-10-12-14-16-18-20-22-24-26-28-30-32-34-36-38-40-41-42-43-45-47-49-51-53-55-57-59-61-63-65-67-69-71-73-75-77-84(87)93-82(81-92-94(88,89)91-79-78-85(3,4)5)80-90-83(86)76-74-72-70-68-66-64-62-60-58-56-54-52-50-48-46-44-39-37-35-33-31-29-27-25-23-21-19-17-15-13-11-9-7-2/h8-11,14-17,20-23,26-29,32,34,82H,6-7,12-13,18-19,24-25,30-31,33,35-81H2,1-5H3/b10-8-,11-9-,16-14-,17-15-,22-20-,23-21-,28-26-,29-27-,34-32-. The van der Waals surface area contributed by atoms with Crippen LogP contribution in [0.3, 0.4) is 0 Å². The van der Waals surface area contributed by atoms with E-state index in [1.165, 1.54) is 231 Å². The van der Waals surface area contributed by atoms with Crippen LogP contribution in [0.5, 0.6) is 0 Å². The summed E-state index contributed by atoms with van der Waals surface area (Å²) in [4.78, 5) is 38.2. The lowest BCUT2D eigenvalue weighted by atomic mass is 10.0. The highest BCUT2D eigenvalue weighted by molar-refractivity contribution is 7.45. The van der Waals surface area contributed by atoms with Gasteiger partial charge in [0.25, 0.3) is 7.82 Å². The Kier molecular flexibility index (Phi) is 71.3. The molecule has 0 radical (unpaired) electrons. The van der Waals surface area contributed by atoms with Crippen molar-refractivity contribution in [2.75, 3.05) is 47.5 Å². The van der Waals surface area contributed by atoms with Gasteiger partial charge in [0.1, 0.15) is 19.8 Å². The lowest BCUT2D eigenvalue weighted by molar-refractivity contribution is -0.870. The molecular formula is C84H150NO8P. The molecule has 0 aromatic carbocycles. The van der Waals surface area contributed by atoms with E-state index in [2.05, 4.69) is 123 Å². The number of quaternary nitrogens is 1. The number of esters is 2. The summed E-state index contributed by atoms with van der Waals surface area (Å²) in [6, 6.07) is 0. The first-order chi connectivity index (χ1) is 46.0. The number of carbonyl (C=O) groups excluding carboxylic acids is 2. The van der Waals surface area contributed by atoms with Crippen LogP contribution < -0.4 is 4.89 Å². The molecule has 0 heterocycles. The molecule has 0 rings (SSSR count). The van der Waals surface area contributed by atoms with Crippen molar-refractivity contribution in [2.24, 2.45) is 0 Å². The molecule has 10 heteroatoms. The minimum absolute atomic E-state index is 0.0311. The van der Waals surface area contributed by atoms with Gasteiger partial charge in [0.05, 0.1) is 27.7 Å². The van der Waals surface area contributed by atoms with Gasteiger partial charge in [-0.15, -0.1) is 0 Å². The van der Waals surface area contributed by atoms with Crippen molar-refractivity contribution in [3.05, 3.63) is 109 Å². The summed E-state index contributed by atoms with van der Waals surface area (Å²) in [5.41, 5.74) is 0. The van der Waals surface area contributed by atoms with Crippen molar-refractivity contribution < 1.29 is 42.1 Å². The molecule has 0 aromatic rings. The minimum Gasteiger partial charge on any atom is -0.756 e. The van der Waals surface area contributed by atoms with Crippen molar-refractivity contribution in [2.45, 2.75) is 367 Å². The third-order valence-electron chi connectivity index (χ3n) is 17.3. The summed E-state index contributed by atoms with van der Waals surface area (Å²) in [7, 11) is 1.18. The molecule has 0 aliphatic rings. The smallest absolute Gasteiger partial charge is 0.306 e. The second-order valence-corrected chi connectivity index (χ2v) is 29.1. The first-order valence-electron chi connectivity index (χ1n) is 39.6. The fourth-order valence-corrected chi connectivity index (χ4v) is 12.1. The number of rotatable bonds is 73. The van der Waals surface area contributed by atoms with Gasteiger partial charge < -0.3 is 27.9 Å². The number of likely N-dealkylation sites (N-methyl/N-ethyl adjacent to an activating group) is 1. The Hall–Kier alpha value is -3.33. The molecule has 0 aromatic heterocycles. The highest BCUT2D eigenvalue weighted by Gasteiger charge is 2.22. The maximum absolute atomic E-state index is 12.9. The Morgan fingerprint density at radius 2 is 0.574 bits per heavy atom. The van der Waals surface area contributed by atoms with Gasteiger partial charge in [-0.25, -0.2) is 0 Å². The molecule has 0 saturated carbocycles. The summed E-state index contributed by atoms with van der Waals surface area (Å²) >= 11 is 0. The van der Waals surface area contributed by atoms with Crippen LogP contribution in [0.4, 0.5) is 0 Å². The molecule has 0 bridgehead atoms. The van der Waals surface area contributed by atoms with Gasteiger partial charge >= 0.3 is 11.9 Å². The Bertz CT molecular complexity index is 1960. The first kappa shape index (κ1) is 90.7. The van der Waals surface area contributed by atoms with Crippen molar-refractivity contribution in [3.8, 4) is 0 Å². The maximum Gasteiger partial charge on any atom is 0.306 e. The SMILES string of the molecule is CC/C=C\C/C=C\C/C=C\C/C=C\C/C=C\CCCCCCCCCCCCCCCCCCCCCCCC(=O)OC(COC(=O)CCCCCCCCCCCCCCCCCCCCCC/C=C\C/C=C\C/C=C\C/C=C\CC)COP(=O)([O-])OCC[N+](C)(C)C. The molecule has 2 unspecified atom stereocenters. The number of phosphoric ester groups is 1. The Morgan fingerprint density at radius 1 is 0.330 bits per heavy atom. The third kappa shape index (κ3) is 77.7. The molecular weight excluding hydrogens is 1180 g/mol. The van der Waals surface area contributed by atoms with E-state index in [9.17, 15) is 19.0 Å². The van der Waals surface area contributed by atoms with Gasteiger partial charge in [-0.2, -0.15) is 0 Å². The van der Waals surface area contributed by atoms with E-state index in [-0.39, 0.29) is 32.0 Å². The maximum atomic E-state index is 12.9. The normalized spacial score (nSPS) is 13.6. The van der Waals surface area contributed by atoms with Gasteiger partial charge in [-0.05, 0) is 96.3 Å². The molecule has 0 aliphatic carbocycles. The highest BCUT2D eigenvalue weighted by Crippen LogP contribution is 2.38. The number of carbonyl (C=O) groups is 2. The van der Waals surface area contributed by atoms with E-state index in [0.717, 1.165) is 96.3 Å². The first-order valence-corrected chi connectivity index (χ1v) is 41.1. The molecule has 94 heavy (non-hydrogen) atoms. The summed E-state index contributed by atoms with van der Waals surface area (Å²) in [6.45, 7) is 4.06. The monoisotopic (exact) mass is 1330 g/mol. The Balaban J connectivity index is 3.94. The van der Waals surface area contributed by atoms with Crippen molar-refractivity contribution in [3.63, 3.8) is 0 Å². The number of phosphoric acid groups is 1. The number of hydrogen-bond acceptors (Lipinski definition) is 8. The zero-order valence-electron chi connectivity index (χ0n) is 62.1. The molecule has 0 N–H and O–H groups in total. The van der Waals surface area contributed by atoms with Gasteiger partial charge in [0.2, 0.25) is 0 Å². The molecule has 0 amide bonds. The van der Waals surface area contributed by atoms with Crippen molar-refractivity contribution in [1.82, 2.24) is 0 Å². The van der Waals surface area contributed by atoms with Crippen LogP contribution in [-0.2, 0) is 32.7 Å². The number of nitrogens with zero attached hydrogens (tertiary/aromatic N) is 1. The quantitative estimate of drug-likeness (QED) is 0.0195. The fraction of sp³-hybridized carbons (Fsp3) is 0.762. The lowest BCUT2D eigenvalue weighted by Crippen LogP contribution is -2.37. The van der Waals surface area contributed by atoms with Gasteiger partial charge in [-0.3, -0.25) is 14.2 Å². The average Bonchev–Trinajstić information content (AvgIpc) is 1.56. The van der Waals surface area contributed by atoms with E-state index in [1.54, 1.807) is 0 Å². The van der Waals surface area contributed by atoms with Crippen LogP contribution in [0.15, 0.2) is 109 Å². The molecule has 2 atom stereocenters. The van der Waals surface area contributed by atoms with Crippen LogP contribution in [0.2, 0.25) is 0 Å². The number of allylic oxidation sites excluding steroid dienone is 18. The second-order valence-electron chi connectivity index (χ2n) is 27.7.